The molecular weight excluding hydrogens is 296 g/mol. The average Bonchev–Trinajstić information content (AvgIpc) is 2.77. The number of aliphatic hydroxyl groups is 1. The maximum Gasteiger partial charge on any atom is 0.126 e. The van der Waals surface area contributed by atoms with E-state index in [0.717, 1.165) is 21.4 Å². The summed E-state index contributed by atoms with van der Waals surface area (Å²) in [6, 6.07) is 1.93. The fraction of sp³-hybridized carbons (Fsp3) is 0.333. The summed E-state index contributed by atoms with van der Waals surface area (Å²) in [5.41, 5.74) is 1.89. The molecule has 0 bridgehead atoms. The van der Waals surface area contributed by atoms with Crippen LogP contribution in [0.3, 0.4) is 0 Å². The highest BCUT2D eigenvalue weighted by molar-refractivity contribution is 9.10. The summed E-state index contributed by atoms with van der Waals surface area (Å²) in [7, 11) is 1.82. The van der Waals surface area contributed by atoms with Gasteiger partial charge in [0.05, 0.1) is 12.3 Å². The van der Waals surface area contributed by atoms with E-state index in [0.29, 0.717) is 6.54 Å². The van der Waals surface area contributed by atoms with Gasteiger partial charge in [0, 0.05) is 36.0 Å². The lowest BCUT2D eigenvalue weighted by atomic mass is 10.2. The highest BCUT2D eigenvalue weighted by atomic mass is 79.9. The lowest BCUT2D eigenvalue weighted by Gasteiger charge is -2.11. The summed E-state index contributed by atoms with van der Waals surface area (Å²) in [6.07, 6.45) is 4.61. The molecule has 0 spiro atoms. The van der Waals surface area contributed by atoms with Crippen LogP contribution in [0.1, 0.15) is 17.2 Å². The van der Waals surface area contributed by atoms with Gasteiger partial charge in [-0.05, 0) is 34.5 Å². The van der Waals surface area contributed by atoms with Crippen molar-refractivity contribution in [1.29, 1.82) is 0 Å². The van der Waals surface area contributed by atoms with Crippen LogP contribution in [0.2, 0.25) is 0 Å². The van der Waals surface area contributed by atoms with E-state index in [2.05, 4.69) is 31.3 Å². The molecule has 96 valence electrons. The summed E-state index contributed by atoms with van der Waals surface area (Å²) in [5, 5.41) is 17.1. The second-order valence-corrected chi connectivity index (χ2v) is 5.02. The zero-order chi connectivity index (χ0) is 13.1. The van der Waals surface area contributed by atoms with Crippen LogP contribution in [0.4, 0.5) is 5.82 Å². The van der Waals surface area contributed by atoms with Crippen molar-refractivity contribution in [3.05, 3.63) is 40.3 Å². The third kappa shape index (κ3) is 3.08. The Morgan fingerprint density at radius 2 is 2.28 bits per heavy atom. The normalized spacial score (nSPS) is 12.4. The quantitative estimate of drug-likeness (QED) is 0.907. The molecule has 0 aromatic carbocycles. The Labute approximate surface area is 114 Å². The molecule has 0 aliphatic rings. The number of aliphatic hydroxyl groups excluding tert-OH is 1. The fourth-order valence-electron chi connectivity index (χ4n) is 1.57. The van der Waals surface area contributed by atoms with Gasteiger partial charge in [-0.25, -0.2) is 4.98 Å². The Bertz CT molecular complexity index is 541. The van der Waals surface area contributed by atoms with Crippen molar-refractivity contribution < 1.29 is 5.11 Å². The molecule has 1 atom stereocenters. The van der Waals surface area contributed by atoms with Gasteiger partial charge in [0.1, 0.15) is 5.82 Å². The minimum atomic E-state index is -0.593. The van der Waals surface area contributed by atoms with Gasteiger partial charge in [0.25, 0.3) is 0 Å². The van der Waals surface area contributed by atoms with Crippen LogP contribution in [-0.2, 0) is 7.05 Å². The number of halogens is 1. The van der Waals surface area contributed by atoms with Crippen LogP contribution >= 0.6 is 15.9 Å². The van der Waals surface area contributed by atoms with E-state index in [4.69, 9.17) is 0 Å². The number of anilines is 1. The van der Waals surface area contributed by atoms with Gasteiger partial charge in [-0.15, -0.1) is 0 Å². The summed E-state index contributed by atoms with van der Waals surface area (Å²) < 4.78 is 2.64. The SMILES string of the molecule is Cc1cc(NC[C@H](O)c2cnn(C)c2)ncc1Br. The topological polar surface area (TPSA) is 63.0 Å². The van der Waals surface area contributed by atoms with Gasteiger partial charge in [-0.3, -0.25) is 4.68 Å². The maximum absolute atomic E-state index is 9.97. The number of hydrogen-bond donors (Lipinski definition) is 2. The molecule has 0 unspecified atom stereocenters. The predicted molar refractivity (Wildman–Crippen MR) is 73.3 cm³/mol. The average molecular weight is 311 g/mol. The summed E-state index contributed by atoms with van der Waals surface area (Å²) in [5.74, 6) is 0.749. The highest BCUT2D eigenvalue weighted by Gasteiger charge is 2.09. The van der Waals surface area contributed by atoms with Gasteiger partial charge in [-0.2, -0.15) is 5.10 Å². The first-order valence-corrected chi connectivity index (χ1v) is 6.38. The molecule has 5 nitrogen and oxygen atoms in total. The van der Waals surface area contributed by atoms with E-state index in [1.54, 1.807) is 23.3 Å². The minimum absolute atomic E-state index is 0.403. The standard InChI is InChI=1S/C12H15BrN4O/c1-8-3-12(14-5-10(8)13)15-6-11(18)9-4-16-17(2)7-9/h3-5,7,11,18H,6H2,1-2H3,(H,14,15)/t11-/m0/s1. The van der Waals surface area contributed by atoms with E-state index >= 15 is 0 Å². The zero-order valence-corrected chi connectivity index (χ0v) is 11.8. The van der Waals surface area contributed by atoms with Crippen LogP contribution in [0, 0.1) is 6.92 Å². The van der Waals surface area contributed by atoms with Crippen LogP contribution < -0.4 is 5.32 Å². The number of aryl methyl sites for hydroxylation is 2. The number of hydrogen-bond acceptors (Lipinski definition) is 4. The molecule has 2 aromatic heterocycles. The van der Waals surface area contributed by atoms with Crippen molar-refractivity contribution in [2.75, 3.05) is 11.9 Å². The number of aromatic nitrogens is 3. The molecule has 0 fully saturated rings. The molecule has 0 aliphatic heterocycles. The second kappa shape index (κ2) is 5.49. The van der Waals surface area contributed by atoms with Crippen LogP contribution in [-0.4, -0.2) is 26.4 Å². The lowest BCUT2D eigenvalue weighted by molar-refractivity contribution is 0.191. The number of nitrogens with one attached hydrogen (secondary N) is 1. The number of pyridine rings is 1. The number of nitrogens with zero attached hydrogens (tertiary/aromatic N) is 3. The van der Waals surface area contributed by atoms with Crippen molar-refractivity contribution in [1.82, 2.24) is 14.8 Å². The molecule has 2 rings (SSSR count). The Balaban J connectivity index is 1.97. The second-order valence-electron chi connectivity index (χ2n) is 4.16. The van der Waals surface area contributed by atoms with Crippen LogP contribution in [0.15, 0.2) is 29.1 Å². The first kappa shape index (κ1) is 13.0. The van der Waals surface area contributed by atoms with E-state index < -0.39 is 6.10 Å². The van der Waals surface area contributed by atoms with E-state index in [1.807, 2.05) is 20.0 Å². The van der Waals surface area contributed by atoms with E-state index in [9.17, 15) is 5.11 Å². The van der Waals surface area contributed by atoms with Gasteiger partial charge < -0.3 is 10.4 Å². The first-order valence-electron chi connectivity index (χ1n) is 5.59. The van der Waals surface area contributed by atoms with E-state index in [1.165, 1.54) is 0 Å². The molecule has 0 saturated heterocycles. The third-order valence-electron chi connectivity index (χ3n) is 2.63. The number of rotatable bonds is 4. The Kier molecular flexibility index (Phi) is 3.98. The minimum Gasteiger partial charge on any atom is -0.386 e. The first-order chi connectivity index (χ1) is 8.56. The predicted octanol–water partition coefficient (Wildman–Crippen LogP) is 2.03. The highest BCUT2D eigenvalue weighted by Crippen LogP contribution is 2.18. The van der Waals surface area contributed by atoms with Gasteiger partial charge in [-0.1, -0.05) is 0 Å². The van der Waals surface area contributed by atoms with Crippen molar-refractivity contribution in [2.45, 2.75) is 13.0 Å². The molecule has 2 heterocycles. The largest absolute Gasteiger partial charge is 0.386 e. The molecular formula is C12H15BrN4O. The summed E-state index contributed by atoms with van der Waals surface area (Å²) in [4.78, 5) is 4.22. The van der Waals surface area contributed by atoms with Gasteiger partial charge in [0.2, 0.25) is 0 Å². The molecule has 18 heavy (non-hydrogen) atoms. The molecule has 0 radical (unpaired) electrons. The van der Waals surface area contributed by atoms with Crippen molar-refractivity contribution in [3.8, 4) is 0 Å². The monoisotopic (exact) mass is 310 g/mol. The summed E-state index contributed by atoms with van der Waals surface area (Å²) in [6.45, 7) is 2.40. The molecule has 2 aromatic rings. The van der Waals surface area contributed by atoms with Crippen molar-refractivity contribution >= 4 is 21.7 Å². The van der Waals surface area contributed by atoms with Crippen molar-refractivity contribution in [2.24, 2.45) is 7.05 Å². The molecule has 0 saturated carbocycles. The van der Waals surface area contributed by atoms with Crippen LogP contribution in [0.25, 0.3) is 0 Å². The Morgan fingerprint density at radius 3 is 2.89 bits per heavy atom. The fourth-order valence-corrected chi connectivity index (χ4v) is 1.78. The molecule has 0 aliphatic carbocycles. The zero-order valence-electron chi connectivity index (χ0n) is 10.3. The van der Waals surface area contributed by atoms with Gasteiger partial charge in [0.15, 0.2) is 0 Å². The Morgan fingerprint density at radius 1 is 1.50 bits per heavy atom. The van der Waals surface area contributed by atoms with Crippen molar-refractivity contribution in [3.63, 3.8) is 0 Å². The third-order valence-corrected chi connectivity index (χ3v) is 3.46. The molecule has 2 N–H and O–H groups in total. The smallest absolute Gasteiger partial charge is 0.126 e. The molecule has 6 heteroatoms. The molecule has 0 amide bonds. The Hall–Kier alpha value is -1.40. The summed E-state index contributed by atoms with van der Waals surface area (Å²) >= 11 is 3.40. The maximum atomic E-state index is 9.97. The van der Waals surface area contributed by atoms with Crippen LogP contribution in [0.5, 0.6) is 0 Å². The van der Waals surface area contributed by atoms with E-state index in [-0.39, 0.29) is 0 Å². The lowest BCUT2D eigenvalue weighted by Crippen LogP contribution is -2.12. The van der Waals surface area contributed by atoms with Gasteiger partial charge >= 0.3 is 0 Å².